The number of hydrogen-bond acceptors (Lipinski definition) is 5. The number of fused-ring (bicyclic) bond motifs is 1. The molecule has 0 aliphatic carbocycles. The molecule has 4 rings (SSSR count). The van der Waals surface area contributed by atoms with Gasteiger partial charge in [0.05, 0.1) is 0 Å². The van der Waals surface area contributed by atoms with E-state index in [4.69, 9.17) is 5.73 Å². The first kappa shape index (κ1) is 19.6. The van der Waals surface area contributed by atoms with Gasteiger partial charge in [0, 0.05) is 51.7 Å². The largest absolute Gasteiger partial charge is 0.351 e. The van der Waals surface area contributed by atoms with Crippen molar-refractivity contribution in [1.29, 1.82) is 0 Å². The zero-order chi connectivity index (χ0) is 20.4. The molecular weight excluding hydrogens is 370 g/mol. The number of aromatic amines is 1. The average Bonchev–Trinajstić information content (AvgIpc) is 3.21. The summed E-state index contributed by atoms with van der Waals surface area (Å²) in [7, 11) is 0. The molecule has 1 aromatic heterocycles. The van der Waals surface area contributed by atoms with Crippen molar-refractivity contribution in [2.75, 3.05) is 39.3 Å². The highest BCUT2D eigenvalue weighted by molar-refractivity contribution is 5.79. The van der Waals surface area contributed by atoms with Crippen LogP contribution in [0.25, 0.3) is 11.0 Å². The van der Waals surface area contributed by atoms with Crippen molar-refractivity contribution in [3.05, 3.63) is 23.3 Å². The van der Waals surface area contributed by atoms with Crippen LogP contribution in [0.15, 0.2) is 12.1 Å². The van der Waals surface area contributed by atoms with Gasteiger partial charge in [0.2, 0.25) is 5.91 Å². The Kier molecular flexibility index (Phi) is 5.66. The summed E-state index contributed by atoms with van der Waals surface area (Å²) in [6.45, 7) is 6.83. The third-order valence-electron chi connectivity index (χ3n) is 6.26. The highest BCUT2D eigenvalue weighted by Crippen LogP contribution is 2.20. The number of aromatic nitrogens is 3. The van der Waals surface area contributed by atoms with Crippen LogP contribution in [0.1, 0.15) is 30.4 Å². The molecular formula is C20H29N7O2. The molecule has 1 aromatic carbocycles. The van der Waals surface area contributed by atoms with Gasteiger partial charge in [-0.1, -0.05) is 6.07 Å². The van der Waals surface area contributed by atoms with Crippen LogP contribution in [0.4, 0.5) is 4.79 Å². The van der Waals surface area contributed by atoms with E-state index < -0.39 is 0 Å². The molecule has 0 bridgehead atoms. The van der Waals surface area contributed by atoms with E-state index in [1.54, 1.807) is 4.90 Å². The normalized spacial score (nSPS) is 19.1. The maximum Gasteiger partial charge on any atom is 0.314 e. The molecule has 0 saturated carbocycles. The number of carbonyl (C=O) groups excluding carboxylic acids is 2. The van der Waals surface area contributed by atoms with Crippen molar-refractivity contribution in [3.8, 4) is 0 Å². The maximum atomic E-state index is 12.7. The van der Waals surface area contributed by atoms with Gasteiger partial charge in [-0.25, -0.2) is 4.79 Å². The lowest BCUT2D eigenvalue weighted by Crippen LogP contribution is -2.55. The lowest BCUT2D eigenvalue weighted by Gasteiger charge is -2.42. The summed E-state index contributed by atoms with van der Waals surface area (Å²) in [5.41, 5.74) is 9.30. The summed E-state index contributed by atoms with van der Waals surface area (Å²) in [5.74, 6) is 0.214. The lowest BCUT2D eigenvalue weighted by atomic mass is 10.0. The zero-order valence-corrected chi connectivity index (χ0v) is 16.9. The van der Waals surface area contributed by atoms with E-state index in [-0.39, 0.29) is 11.9 Å². The number of piperidine rings is 1. The number of primary amides is 1. The zero-order valence-electron chi connectivity index (χ0n) is 16.9. The van der Waals surface area contributed by atoms with Crippen molar-refractivity contribution >= 4 is 23.0 Å². The number of rotatable bonds is 4. The van der Waals surface area contributed by atoms with Crippen LogP contribution in [-0.2, 0) is 11.2 Å². The van der Waals surface area contributed by atoms with Gasteiger partial charge in [-0.3, -0.25) is 9.69 Å². The van der Waals surface area contributed by atoms with Gasteiger partial charge in [0.1, 0.15) is 11.0 Å². The average molecular weight is 399 g/mol. The number of nitrogens with two attached hydrogens (primary N) is 1. The first-order valence-electron chi connectivity index (χ1n) is 10.4. The van der Waals surface area contributed by atoms with E-state index in [1.165, 1.54) is 0 Å². The Morgan fingerprint density at radius 2 is 1.79 bits per heavy atom. The van der Waals surface area contributed by atoms with Crippen molar-refractivity contribution in [3.63, 3.8) is 0 Å². The molecule has 2 saturated heterocycles. The summed E-state index contributed by atoms with van der Waals surface area (Å²) in [4.78, 5) is 30.1. The van der Waals surface area contributed by atoms with E-state index >= 15 is 0 Å². The summed E-state index contributed by atoms with van der Waals surface area (Å²) in [5, 5.41) is 11.0. The molecule has 156 valence electrons. The highest BCUT2D eigenvalue weighted by Gasteiger charge is 2.29. The lowest BCUT2D eigenvalue weighted by molar-refractivity contribution is -0.133. The first-order valence-corrected chi connectivity index (χ1v) is 10.4. The summed E-state index contributed by atoms with van der Waals surface area (Å²) in [6.07, 6.45) is 3.15. The predicted molar refractivity (Wildman–Crippen MR) is 109 cm³/mol. The van der Waals surface area contributed by atoms with Crippen LogP contribution in [0.3, 0.4) is 0 Å². The fourth-order valence-electron chi connectivity index (χ4n) is 4.54. The van der Waals surface area contributed by atoms with Crippen LogP contribution >= 0.6 is 0 Å². The molecule has 9 nitrogen and oxygen atoms in total. The number of hydrogen-bond donors (Lipinski definition) is 2. The summed E-state index contributed by atoms with van der Waals surface area (Å²) < 4.78 is 0. The van der Waals surface area contributed by atoms with E-state index in [2.05, 4.69) is 26.4 Å². The monoisotopic (exact) mass is 399 g/mol. The van der Waals surface area contributed by atoms with E-state index in [9.17, 15) is 9.59 Å². The van der Waals surface area contributed by atoms with Crippen LogP contribution < -0.4 is 5.73 Å². The smallest absolute Gasteiger partial charge is 0.314 e. The second kappa shape index (κ2) is 8.36. The topological polar surface area (TPSA) is 111 Å². The third-order valence-corrected chi connectivity index (χ3v) is 6.26. The number of piperazine rings is 1. The van der Waals surface area contributed by atoms with Gasteiger partial charge in [-0.15, -0.1) is 0 Å². The molecule has 3 heterocycles. The number of nitrogens with zero attached hydrogens (tertiary/aromatic N) is 5. The number of likely N-dealkylation sites (tertiary alicyclic amines) is 1. The number of carbonyl (C=O) groups is 2. The molecule has 29 heavy (non-hydrogen) atoms. The summed E-state index contributed by atoms with van der Waals surface area (Å²) >= 11 is 0. The van der Waals surface area contributed by atoms with Gasteiger partial charge < -0.3 is 15.5 Å². The Morgan fingerprint density at radius 3 is 2.48 bits per heavy atom. The fourth-order valence-corrected chi connectivity index (χ4v) is 4.54. The molecule has 2 fully saturated rings. The van der Waals surface area contributed by atoms with E-state index in [0.29, 0.717) is 18.9 Å². The molecule has 3 N–H and O–H groups in total. The Morgan fingerprint density at radius 1 is 1.07 bits per heavy atom. The number of amides is 3. The minimum absolute atomic E-state index is 0.214. The van der Waals surface area contributed by atoms with Crippen LogP contribution in [0.5, 0.6) is 0 Å². The van der Waals surface area contributed by atoms with Crippen LogP contribution in [-0.4, -0.2) is 87.4 Å². The molecule has 3 amide bonds. The molecule has 0 radical (unpaired) electrons. The molecule has 2 aliphatic rings. The quantitative estimate of drug-likeness (QED) is 0.793. The van der Waals surface area contributed by atoms with E-state index in [0.717, 1.165) is 74.3 Å². The second-order valence-electron chi connectivity index (χ2n) is 8.08. The molecule has 2 aromatic rings. The second-order valence-corrected chi connectivity index (χ2v) is 8.08. The maximum absolute atomic E-state index is 12.7. The fraction of sp³-hybridized carbons (Fsp3) is 0.600. The third kappa shape index (κ3) is 4.34. The molecule has 2 aliphatic heterocycles. The van der Waals surface area contributed by atoms with Crippen LogP contribution in [0.2, 0.25) is 0 Å². The van der Waals surface area contributed by atoms with Gasteiger partial charge in [0.15, 0.2) is 0 Å². The van der Waals surface area contributed by atoms with E-state index in [1.807, 2.05) is 17.9 Å². The van der Waals surface area contributed by atoms with Gasteiger partial charge in [0.25, 0.3) is 0 Å². The highest BCUT2D eigenvalue weighted by atomic mass is 16.2. The Balaban J connectivity index is 1.24. The Bertz CT molecular complexity index is 880. The van der Waals surface area contributed by atoms with Crippen molar-refractivity contribution in [1.82, 2.24) is 30.1 Å². The van der Waals surface area contributed by atoms with Gasteiger partial charge in [-0.2, -0.15) is 15.4 Å². The van der Waals surface area contributed by atoms with Crippen LogP contribution in [0, 0.1) is 6.92 Å². The Hall–Kier alpha value is -2.68. The number of benzene rings is 1. The van der Waals surface area contributed by atoms with Crippen molar-refractivity contribution in [2.24, 2.45) is 5.73 Å². The minimum atomic E-state index is -0.322. The van der Waals surface area contributed by atoms with Gasteiger partial charge >= 0.3 is 6.03 Å². The SMILES string of the molecule is Cc1cc(CCC(=O)N2CCN(C3CCN(C(N)=O)CC3)CC2)cc2n[nH]nc12. The molecule has 9 heteroatoms. The minimum Gasteiger partial charge on any atom is -0.351 e. The predicted octanol–water partition coefficient (Wildman–Crippen LogP) is 0.886. The number of aryl methyl sites for hydroxylation is 2. The summed E-state index contributed by atoms with van der Waals surface area (Å²) in [6, 6.07) is 4.26. The molecule has 0 spiro atoms. The van der Waals surface area contributed by atoms with Crippen molar-refractivity contribution < 1.29 is 9.59 Å². The first-order chi connectivity index (χ1) is 14.0. The number of nitrogens with one attached hydrogen (secondary N) is 1. The molecule has 0 atom stereocenters. The van der Waals surface area contributed by atoms with Gasteiger partial charge in [-0.05, 0) is 43.4 Å². The standard InChI is InChI=1S/C20H29N7O2/c1-14-12-15(13-17-19(14)23-24-22-17)2-3-18(28)26-10-8-25(9-11-26)16-4-6-27(7-5-16)20(21)29/h12-13,16H,2-11H2,1H3,(H2,21,29)(H,22,23,24). The number of H-pyrrole nitrogens is 1. The molecule has 0 unspecified atom stereocenters. The van der Waals surface area contributed by atoms with Crippen molar-refractivity contribution in [2.45, 2.75) is 38.6 Å². The number of urea groups is 1. The Labute approximate surface area is 170 Å².